The molecule has 0 saturated carbocycles. The van der Waals surface area contributed by atoms with Crippen molar-refractivity contribution in [1.82, 2.24) is 14.8 Å². The highest BCUT2D eigenvalue weighted by Gasteiger charge is 2.30. The topological polar surface area (TPSA) is 79.8 Å². The maximum absolute atomic E-state index is 13.3. The molecule has 1 saturated heterocycles. The Morgan fingerprint density at radius 1 is 1.00 bits per heavy atom. The number of likely N-dealkylation sites (tertiary alicyclic amines) is 1. The van der Waals surface area contributed by atoms with E-state index < -0.39 is 6.04 Å². The second kappa shape index (κ2) is 12.3. The first kappa shape index (κ1) is 27.5. The van der Waals surface area contributed by atoms with Crippen molar-refractivity contribution in [3.63, 3.8) is 0 Å². The Kier molecular flexibility index (Phi) is 8.94. The van der Waals surface area contributed by atoms with E-state index in [4.69, 9.17) is 4.74 Å². The third-order valence-corrected chi connectivity index (χ3v) is 7.86. The maximum atomic E-state index is 13.3. The number of hydrogen-bond donors (Lipinski definition) is 0. The maximum Gasteiger partial charge on any atom is 0.273 e. The molecule has 0 N–H and O–H groups in total. The van der Waals surface area contributed by atoms with Crippen LogP contribution in [0, 0.1) is 0 Å². The third kappa shape index (κ3) is 6.30. The summed E-state index contributed by atoms with van der Waals surface area (Å²) >= 11 is 1.48. The SMILES string of the molecule is CCN(C(=O)c1csc(C2CCN(C(=O)c3ccc(OC(C)C)cc3)CC2)n1)C(C)C(=O)c1ccccc1. The van der Waals surface area contributed by atoms with Crippen LogP contribution < -0.4 is 4.74 Å². The Morgan fingerprint density at radius 3 is 2.26 bits per heavy atom. The number of benzene rings is 2. The molecule has 0 spiro atoms. The van der Waals surface area contributed by atoms with E-state index in [1.54, 1.807) is 29.3 Å². The zero-order valence-corrected chi connectivity index (χ0v) is 23.2. The van der Waals surface area contributed by atoms with E-state index >= 15 is 0 Å². The van der Waals surface area contributed by atoms with E-state index in [-0.39, 0.29) is 29.6 Å². The number of carbonyl (C=O) groups is 3. The number of ether oxygens (including phenoxy) is 1. The highest BCUT2D eigenvalue weighted by Crippen LogP contribution is 2.31. The van der Waals surface area contributed by atoms with Gasteiger partial charge in [-0.15, -0.1) is 11.3 Å². The molecular weight excluding hydrogens is 498 g/mol. The van der Waals surface area contributed by atoms with Gasteiger partial charge in [0.25, 0.3) is 11.8 Å². The minimum Gasteiger partial charge on any atom is -0.491 e. The number of amides is 2. The summed E-state index contributed by atoms with van der Waals surface area (Å²) < 4.78 is 5.67. The number of thiazole rings is 1. The first-order valence-electron chi connectivity index (χ1n) is 13.2. The van der Waals surface area contributed by atoms with E-state index in [9.17, 15) is 14.4 Å². The Labute approximate surface area is 228 Å². The molecule has 1 aliphatic heterocycles. The number of hydrogen-bond acceptors (Lipinski definition) is 6. The summed E-state index contributed by atoms with van der Waals surface area (Å²) in [6, 6.07) is 15.8. The predicted octanol–water partition coefficient (Wildman–Crippen LogP) is 5.68. The lowest BCUT2D eigenvalue weighted by Gasteiger charge is -2.31. The van der Waals surface area contributed by atoms with Gasteiger partial charge in [-0.1, -0.05) is 30.3 Å². The lowest BCUT2D eigenvalue weighted by molar-refractivity contribution is 0.0633. The van der Waals surface area contributed by atoms with Gasteiger partial charge in [0, 0.05) is 42.1 Å². The van der Waals surface area contributed by atoms with Crippen molar-refractivity contribution in [2.24, 2.45) is 0 Å². The van der Waals surface area contributed by atoms with Crippen molar-refractivity contribution < 1.29 is 19.1 Å². The number of likely N-dealkylation sites (N-methyl/N-ethyl adjacent to an activating group) is 1. The Bertz CT molecular complexity index is 1250. The predicted molar refractivity (Wildman–Crippen MR) is 149 cm³/mol. The van der Waals surface area contributed by atoms with E-state index in [1.165, 1.54) is 11.3 Å². The number of nitrogens with zero attached hydrogens (tertiary/aromatic N) is 3. The standard InChI is InChI=1S/C30H35N3O4S/c1-5-33(21(4)27(34)22-9-7-6-8-10-22)30(36)26-19-38-28(31-26)23-15-17-32(18-16-23)29(35)24-11-13-25(14-12-24)37-20(2)3/h6-14,19-21,23H,5,15-18H2,1-4H3. The molecule has 2 heterocycles. The van der Waals surface area contributed by atoms with E-state index in [0.717, 1.165) is 23.6 Å². The summed E-state index contributed by atoms with van der Waals surface area (Å²) in [7, 11) is 0. The molecule has 1 aromatic heterocycles. The van der Waals surface area contributed by atoms with Gasteiger partial charge in [0.05, 0.1) is 17.2 Å². The van der Waals surface area contributed by atoms with Crippen LogP contribution in [0.15, 0.2) is 60.0 Å². The summed E-state index contributed by atoms with van der Waals surface area (Å²) in [5.74, 6) is 0.653. The molecule has 3 aromatic rings. The molecule has 38 heavy (non-hydrogen) atoms. The van der Waals surface area contributed by atoms with Crippen LogP contribution in [0.5, 0.6) is 5.75 Å². The third-order valence-electron chi connectivity index (χ3n) is 6.85. The van der Waals surface area contributed by atoms with E-state index in [2.05, 4.69) is 4.98 Å². The van der Waals surface area contributed by atoms with Crippen LogP contribution in [0.1, 0.15) is 82.7 Å². The van der Waals surface area contributed by atoms with Gasteiger partial charge in [0.1, 0.15) is 11.4 Å². The summed E-state index contributed by atoms with van der Waals surface area (Å²) in [4.78, 5) is 47.3. The number of piperidine rings is 1. The quantitative estimate of drug-likeness (QED) is 0.331. The average molecular weight is 534 g/mol. The van der Waals surface area contributed by atoms with Crippen molar-refractivity contribution in [3.05, 3.63) is 81.8 Å². The van der Waals surface area contributed by atoms with Crippen LogP contribution in [0.25, 0.3) is 0 Å². The fraction of sp³-hybridized carbons (Fsp3) is 0.400. The van der Waals surface area contributed by atoms with Gasteiger partial charge < -0.3 is 14.5 Å². The second-order valence-corrected chi connectivity index (χ2v) is 10.7. The minimum absolute atomic E-state index is 0.0187. The molecule has 2 aromatic carbocycles. The van der Waals surface area contributed by atoms with Gasteiger partial charge in [0.2, 0.25) is 0 Å². The van der Waals surface area contributed by atoms with Crippen LogP contribution in [0.4, 0.5) is 0 Å². The molecule has 7 nitrogen and oxygen atoms in total. The molecular formula is C30H35N3O4S. The fourth-order valence-corrected chi connectivity index (χ4v) is 5.72. The smallest absolute Gasteiger partial charge is 0.273 e. The molecule has 0 radical (unpaired) electrons. The summed E-state index contributed by atoms with van der Waals surface area (Å²) in [5, 5.41) is 2.70. The summed E-state index contributed by atoms with van der Waals surface area (Å²) in [5.41, 5.74) is 1.62. The van der Waals surface area contributed by atoms with Gasteiger partial charge in [-0.3, -0.25) is 14.4 Å². The molecule has 1 atom stereocenters. The van der Waals surface area contributed by atoms with Crippen LogP contribution in [0.2, 0.25) is 0 Å². The number of rotatable bonds is 9. The lowest BCUT2D eigenvalue weighted by atomic mass is 9.97. The zero-order valence-electron chi connectivity index (χ0n) is 22.4. The Hall–Kier alpha value is -3.52. The van der Waals surface area contributed by atoms with Gasteiger partial charge in [-0.05, 0) is 64.8 Å². The normalized spacial score (nSPS) is 14.8. The average Bonchev–Trinajstić information content (AvgIpc) is 3.44. The summed E-state index contributed by atoms with van der Waals surface area (Å²) in [6.45, 7) is 9.27. The molecule has 200 valence electrons. The largest absolute Gasteiger partial charge is 0.491 e. The fourth-order valence-electron chi connectivity index (χ4n) is 4.76. The van der Waals surface area contributed by atoms with Crippen LogP contribution in [-0.2, 0) is 0 Å². The molecule has 1 fully saturated rings. The van der Waals surface area contributed by atoms with Crippen molar-refractivity contribution >= 4 is 28.9 Å². The van der Waals surface area contributed by atoms with E-state index in [1.807, 2.05) is 68.1 Å². The van der Waals surface area contributed by atoms with Crippen LogP contribution >= 0.6 is 11.3 Å². The number of ketones is 1. The van der Waals surface area contributed by atoms with E-state index in [0.29, 0.717) is 36.5 Å². The molecule has 1 aliphatic rings. The Balaban J connectivity index is 1.35. The summed E-state index contributed by atoms with van der Waals surface area (Å²) in [6.07, 6.45) is 1.67. The van der Waals surface area contributed by atoms with Crippen molar-refractivity contribution in [2.75, 3.05) is 19.6 Å². The molecule has 4 rings (SSSR count). The Morgan fingerprint density at radius 2 is 1.66 bits per heavy atom. The van der Waals surface area contributed by atoms with Crippen molar-refractivity contribution in [2.45, 2.75) is 58.6 Å². The van der Waals surface area contributed by atoms with Gasteiger partial charge in [-0.2, -0.15) is 0 Å². The second-order valence-electron chi connectivity index (χ2n) is 9.83. The zero-order chi connectivity index (χ0) is 27.2. The molecule has 1 unspecified atom stereocenters. The number of aromatic nitrogens is 1. The number of carbonyl (C=O) groups excluding carboxylic acids is 3. The van der Waals surface area contributed by atoms with Crippen molar-refractivity contribution in [3.8, 4) is 5.75 Å². The molecule has 2 amide bonds. The van der Waals surface area contributed by atoms with Gasteiger partial charge >= 0.3 is 0 Å². The lowest BCUT2D eigenvalue weighted by Crippen LogP contribution is -2.43. The van der Waals surface area contributed by atoms with Gasteiger partial charge in [-0.25, -0.2) is 4.98 Å². The van der Waals surface area contributed by atoms with Crippen LogP contribution in [0.3, 0.4) is 0 Å². The van der Waals surface area contributed by atoms with Crippen LogP contribution in [-0.4, -0.2) is 64.2 Å². The highest BCUT2D eigenvalue weighted by molar-refractivity contribution is 7.09. The minimum atomic E-state index is -0.583. The first-order chi connectivity index (χ1) is 18.3. The first-order valence-corrected chi connectivity index (χ1v) is 14.1. The molecule has 0 bridgehead atoms. The number of Topliss-reactive ketones (excluding diaryl/α,β-unsaturated/α-hetero) is 1. The van der Waals surface area contributed by atoms with Crippen molar-refractivity contribution in [1.29, 1.82) is 0 Å². The molecule has 0 aliphatic carbocycles. The monoisotopic (exact) mass is 533 g/mol. The van der Waals surface area contributed by atoms with Gasteiger partial charge in [0.15, 0.2) is 5.78 Å². The molecule has 8 heteroatoms. The highest BCUT2D eigenvalue weighted by atomic mass is 32.1.